The van der Waals surface area contributed by atoms with Gasteiger partial charge in [0.25, 0.3) is 0 Å². The quantitative estimate of drug-likeness (QED) is 0.668. The molecule has 85 valence electrons. The minimum Gasteiger partial charge on any atom is -0.369 e. The van der Waals surface area contributed by atoms with Gasteiger partial charge in [0.2, 0.25) is 11.8 Å². The Morgan fingerprint density at radius 2 is 2.13 bits per heavy atom. The third kappa shape index (κ3) is 3.51. The third-order valence-electron chi connectivity index (χ3n) is 2.67. The maximum Gasteiger partial charge on any atom is 0.222 e. The molecule has 0 aliphatic carbocycles. The summed E-state index contributed by atoms with van der Waals surface area (Å²) in [6.07, 6.45) is 1.47. The molecule has 1 atom stereocenters. The van der Waals surface area contributed by atoms with Gasteiger partial charge >= 0.3 is 0 Å². The molecule has 1 rings (SSSR count). The Morgan fingerprint density at radius 1 is 1.47 bits per heavy atom. The maximum atomic E-state index is 11.2. The average molecular weight is 212 g/mol. The van der Waals surface area contributed by atoms with Crippen LogP contribution in [0.15, 0.2) is 0 Å². The number of primary amides is 1. The lowest BCUT2D eigenvalue weighted by Gasteiger charge is -2.39. The van der Waals surface area contributed by atoms with E-state index in [9.17, 15) is 9.59 Å². The molecular formula is C10H18N3O2. The Morgan fingerprint density at radius 3 is 2.60 bits per heavy atom. The van der Waals surface area contributed by atoms with E-state index in [2.05, 4.69) is 4.90 Å². The van der Waals surface area contributed by atoms with Crippen molar-refractivity contribution in [2.45, 2.75) is 19.9 Å². The lowest BCUT2D eigenvalue weighted by molar-refractivity contribution is -0.133. The van der Waals surface area contributed by atoms with E-state index in [0.717, 1.165) is 19.6 Å². The standard InChI is InChI=1S/C10H18N3O2/c1-8-7-12(4-3-10(11)15)5-6-13(8)9(2)14/h3,8H,4-7H2,1-2H3,(H2,11,15)/t8-/m0/s1. The van der Waals surface area contributed by atoms with Gasteiger partial charge in [0.15, 0.2) is 0 Å². The van der Waals surface area contributed by atoms with Gasteiger partial charge in [-0.3, -0.25) is 14.5 Å². The van der Waals surface area contributed by atoms with Crippen LogP contribution in [0.3, 0.4) is 0 Å². The number of carbonyl (C=O) groups is 2. The van der Waals surface area contributed by atoms with Gasteiger partial charge in [-0.05, 0) is 6.92 Å². The second-order valence-electron chi connectivity index (χ2n) is 3.93. The molecule has 5 heteroatoms. The van der Waals surface area contributed by atoms with Crippen LogP contribution in [-0.4, -0.2) is 53.8 Å². The summed E-state index contributed by atoms with van der Waals surface area (Å²) < 4.78 is 0. The van der Waals surface area contributed by atoms with Crippen molar-refractivity contribution in [3.63, 3.8) is 0 Å². The largest absolute Gasteiger partial charge is 0.369 e. The van der Waals surface area contributed by atoms with Crippen molar-refractivity contribution in [1.29, 1.82) is 0 Å². The number of nitrogens with two attached hydrogens (primary N) is 1. The van der Waals surface area contributed by atoms with Crippen molar-refractivity contribution >= 4 is 11.8 Å². The molecule has 1 heterocycles. The molecule has 0 unspecified atom stereocenters. The summed E-state index contributed by atoms with van der Waals surface area (Å²) in [7, 11) is 0. The molecule has 0 saturated carbocycles. The van der Waals surface area contributed by atoms with Gasteiger partial charge in [0.1, 0.15) is 0 Å². The van der Waals surface area contributed by atoms with Crippen molar-refractivity contribution in [3.8, 4) is 0 Å². The van der Waals surface area contributed by atoms with Crippen LogP contribution in [0.2, 0.25) is 0 Å². The number of hydrogen-bond acceptors (Lipinski definition) is 3. The normalized spacial score (nSPS) is 22.8. The number of carbonyl (C=O) groups excluding carboxylic acids is 2. The van der Waals surface area contributed by atoms with Crippen LogP contribution in [0.4, 0.5) is 0 Å². The molecule has 1 fully saturated rings. The van der Waals surface area contributed by atoms with Crippen LogP contribution in [0.25, 0.3) is 0 Å². The monoisotopic (exact) mass is 212 g/mol. The Balaban J connectivity index is 2.37. The fourth-order valence-electron chi connectivity index (χ4n) is 1.89. The van der Waals surface area contributed by atoms with E-state index in [4.69, 9.17) is 5.73 Å². The Kier molecular flexibility index (Phi) is 4.08. The minimum absolute atomic E-state index is 0.112. The van der Waals surface area contributed by atoms with Gasteiger partial charge in [-0.25, -0.2) is 0 Å². The molecule has 1 saturated heterocycles. The average Bonchev–Trinajstić information content (AvgIpc) is 2.14. The molecule has 0 aromatic carbocycles. The molecule has 5 nitrogen and oxygen atoms in total. The zero-order chi connectivity index (χ0) is 11.4. The summed E-state index contributed by atoms with van der Waals surface area (Å²) in [5.41, 5.74) is 5.03. The molecule has 2 amide bonds. The predicted molar refractivity (Wildman–Crippen MR) is 56.8 cm³/mol. The summed E-state index contributed by atoms with van der Waals surface area (Å²) in [5.74, 6) is -0.280. The summed E-state index contributed by atoms with van der Waals surface area (Å²) in [5, 5.41) is 0. The maximum absolute atomic E-state index is 11.2. The lowest BCUT2D eigenvalue weighted by Crippen LogP contribution is -2.53. The molecular weight excluding hydrogens is 194 g/mol. The molecule has 1 aliphatic heterocycles. The number of hydrogen-bond donors (Lipinski definition) is 1. The fraction of sp³-hybridized carbons (Fsp3) is 0.700. The predicted octanol–water partition coefficient (Wildman–Crippen LogP) is -0.771. The number of amides is 2. The Hall–Kier alpha value is -1.10. The summed E-state index contributed by atoms with van der Waals surface area (Å²) >= 11 is 0. The lowest BCUT2D eigenvalue weighted by atomic mass is 10.2. The van der Waals surface area contributed by atoms with Crippen LogP contribution in [0, 0.1) is 6.42 Å². The summed E-state index contributed by atoms with van der Waals surface area (Å²) in [4.78, 5) is 25.7. The van der Waals surface area contributed by atoms with E-state index < -0.39 is 5.91 Å². The minimum atomic E-state index is -0.392. The van der Waals surface area contributed by atoms with Crippen LogP contribution < -0.4 is 5.73 Å². The molecule has 0 spiro atoms. The van der Waals surface area contributed by atoms with Crippen molar-refractivity contribution in [3.05, 3.63) is 6.42 Å². The Labute approximate surface area is 90.2 Å². The SMILES string of the molecule is CC(=O)N1CCN(C[CH]C(N)=O)C[C@@H]1C. The number of piperazine rings is 1. The molecule has 2 N–H and O–H groups in total. The van der Waals surface area contributed by atoms with Crippen LogP contribution in [0.5, 0.6) is 0 Å². The highest BCUT2D eigenvalue weighted by atomic mass is 16.2. The van der Waals surface area contributed by atoms with Crippen molar-refractivity contribution in [1.82, 2.24) is 9.80 Å². The zero-order valence-electron chi connectivity index (χ0n) is 9.27. The van der Waals surface area contributed by atoms with Crippen LogP contribution in [-0.2, 0) is 9.59 Å². The second-order valence-corrected chi connectivity index (χ2v) is 3.93. The van der Waals surface area contributed by atoms with Gasteiger partial charge in [0, 0.05) is 39.1 Å². The highest BCUT2D eigenvalue weighted by molar-refractivity contribution is 5.83. The molecule has 15 heavy (non-hydrogen) atoms. The van der Waals surface area contributed by atoms with E-state index in [-0.39, 0.29) is 11.9 Å². The van der Waals surface area contributed by atoms with Crippen LogP contribution >= 0.6 is 0 Å². The van der Waals surface area contributed by atoms with Crippen molar-refractivity contribution < 1.29 is 9.59 Å². The van der Waals surface area contributed by atoms with E-state index >= 15 is 0 Å². The Bertz CT molecular complexity index is 255. The van der Waals surface area contributed by atoms with Crippen LogP contribution in [0.1, 0.15) is 13.8 Å². The van der Waals surface area contributed by atoms with Gasteiger partial charge in [0.05, 0.1) is 6.42 Å². The van der Waals surface area contributed by atoms with Gasteiger partial charge in [-0.1, -0.05) is 0 Å². The van der Waals surface area contributed by atoms with E-state index in [1.165, 1.54) is 6.42 Å². The first-order valence-electron chi connectivity index (χ1n) is 5.13. The molecule has 1 aliphatic rings. The topological polar surface area (TPSA) is 66.6 Å². The second kappa shape index (κ2) is 5.11. The number of rotatable bonds is 3. The fourth-order valence-corrected chi connectivity index (χ4v) is 1.89. The van der Waals surface area contributed by atoms with Gasteiger partial charge in [-0.2, -0.15) is 0 Å². The first-order chi connectivity index (χ1) is 7.00. The summed E-state index contributed by atoms with van der Waals surface area (Å²) in [6, 6.07) is 0.206. The van der Waals surface area contributed by atoms with Crippen molar-refractivity contribution in [2.24, 2.45) is 5.73 Å². The highest BCUT2D eigenvalue weighted by Gasteiger charge is 2.24. The third-order valence-corrected chi connectivity index (χ3v) is 2.67. The zero-order valence-corrected chi connectivity index (χ0v) is 9.27. The van der Waals surface area contributed by atoms with E-state index in [0.29, 0.717) is 6.54 Å². The smallest absolute Gasteiger partial charge is 0.222 e. The van der Waals surface area contributed by atoms with Crippen molar-refractivity contribution in [2.75, 3.05) is 26.2 Å². The molecule has 1 radical (unpaired) electrons. The van der Waals surface area contributed by atoms with E-state index in [1.807, 2.05) is 11.8 Å². The van der Waals surface area contributed by atoms with E-state index in [1.54, 1.807) is 6.92 Å². The first kappa shape index (κ1) is 12.0. The number of nitrogens with zero attached hydrogens (tertiary/aromatic N) is 2. The summed E-state index contributed by atoms with van der Waals surface area (Å²) in [6.45, 7) is 6.49. The molecule has 0 aromatic rings. The first-order valence-corrected chi connectivity index (χ1v) is 5.13. The van der Waals surface area contributed by atoms with Gasteiger partial charge in [-0.15, -0.1) is 0 Å². The highest BCUT2D eigenvalue weighted by Crippen LogP contribution is 2.09. The van der Waals surface area contributed by atoms with Gasteiger partial charge < -0.3 is 10.6 Å². The molecule has 0 bridgehead atoms. The molecule has 0 aromatic heterocycles.